The van der Waals surface area contributed by atoms with Gasteiger partial charge >= 0.3 is 0 Å². The van der Waals surface area contributed by atoms with E-state index in [1.54, 1.807) is 18.0 Å². The van der Waals surface area contributed by atoms with Gasteiger partial charge in [0.2, 0.25) is 0 Å². The summed E-state index contributed by atoms with van der Waals surface area (Å²) in [6.45, 7) is 3.71. The zero-order valence-electron chi connectivity index (χ0n) is 14.3. The first-order valence-corrected chi connectivity index (χ1v) is 8.36. The predicted octanol–water partition coefficient (Wildman–Crippen LogP) is 2.24. The highest BCUT2D eigenvalue weighted by molar-refractivity contribution is 5.92. The summed E-state index contributed by atoms with van der Waals surface area (Å²) in [5.74, 6) is 1.38. The van der Waals surface area contributed by atoms with E-state index in [0.29, 0.717) is 31.2 Å². The number of benzene rings is 1. The lowest BCUT2D eigenvalue weighted by Gasteiger charge is -2.21. The number of ether oxygens (including phenoxy) is 1. The highest BCUT2D eigenvalue weighted by Gasteiger charge is 2.27. The SMILES string of the molecule is Cc1nc2ccccc2n1Cc1cc(C(=O)N(C)C2CCOC2)no1. The standard InChI is InChI=1S/C18H20N4O3/c1-12-19-15-5-3-4-6-17(15)22(12)10-14-9-16(20-25-14)18(23)21(2)13-7-8-24-11-13/h3-6,9,13H,7-8,10-11H2,1-2H3. The van der Waals surface area contributed by atoms with E-state index in [-0.39, 0.29) is 11.9 Å². The van der Waals surface area contributed by atoms with E-state index in [4.69, 9.17) is 9.26 Å². The number of carbonyl (C=O) groups is 1. The third-order valence-corrected chi connectivity index (χ3v) is 4.71. The van der Waals surface area contributed by atoms with Crippen molar-refractivity contribution in [2.75, 3.05) is 20.3 Å². The Bertz CT molecular complexity index is 908. The van der Waals surface area contributed by atoms with Gasteiger partial charge in [0.15, 0.2) is 11.5 Å². The summed E-state index contributed by atoms with van der Waals surface area (Å²) in [5.41, 5.74) is 2.30. The van der Waals surface area contributed by atoms with Gasteiger partial charge in [0.05, 0.1) is 30.2 Å². The molecule has 0 aliphatic carbocycles. The number of para-hydroxylation sites is 2. The number of amides is 1. The van der Waals surface area contributed by atoms with Gasteiger partial charge < -0.3 is 18.7 Å². The first-order valence-electron chi connectivity index (χ1n) is 8.36. The number of carbonyl (C=O) groups excluding carboxylic acids is 1. The third-order valence-electron chi connectivity index (χ3n) is 4.71. The fourth-order valence-corrected chi connectivity index (χ4v) is 3.21. The van der Waals surface area contributed by atoms with Gasteiger partial charge in [-0.25, -0.2) is 4.98 Å². The van der Waals surface area contributed by atoms with Crippen molar-refractivity contribution in [1.29, 1.82) is 0 Å². The molecule has 1 amide bonds. The van der Waals surface area contributed by atoms with Gasteiger partial charge in [0.1, 0.15) is 5.82 Å². The Morgan fingerprint density at radius 3 is 3.04 bits per heavy atom. The van der Waals surface area contributed by atoms with Crippen molar-refractivity contribution in [3.63, 3.8) is 0 Å². The number of aromatic nitrogens is 3. The Morgan fingerprint density at radius 1 is 1.40 bits per heavy atom. The number of rotatable bonds is 4. The number of imidazole rings is 1. The van der Waals surface area contributed by atoms with Crippen LogP contribution in [0.3, 0.4) is 0 Å². The van der Waals surface area contributed by atoms with E-state index in [1.165, 1.54) is 0 Å². The molecule has 0 bridgehead atoms. The molecule has 1 saturated heterocycles. The van der Waals surface area contributed by atoms with Crippen LogP contribution in [0.25, 0.3) is 11.0 Å². The molecule has 2 aromatic heterocycles. The van der Waals surface area contributed by atoms with E-state index in [2.05, 4.69) is 14.7 Å². The van der Waals surface area contributed by atoms with Gasteiger partial charge in [-0.3, -0.25) is 4.79 Å². The van der Waals surface area contributed by atoms with Gasteiger partial charge in [0, 0.05) is 19.7 Å². The van der Waals surface area contributed by atoms with E-state index < -0.39 is 0 Å². The van der Waals surface area contributed by atoms with Crippen molar-refractivity contribution in [3.8, 4) is 0 Å². The summed E-state index contributed by atoms with van der Waals surface area (Å²) in [4.78, 5) is 18.8. The molecule has 4 rings (SSSR count). The van der Waals surface area contributed by atoms with Crippen LogP contribution in [-0.4, -0.2) is 51.8 Å². The monoisotopic (exact) mass is 340 g/mol. The number of fused-ring (bicyclic) bond motifs is 1. The summed E-state index contributed by atoms with van der Waals surface area (Å²) in [6, 6.07) is 9.76. The number of hydrogen-bond donors (Lipinski definition) is 0. The molecule has 0 saturated carbocycles. The number of likely N-dealkylation sites (N-methyl/N-ethyl adjacent to an activating group) is 1. The van der Waals surface area contributed by atoms with Crippen LogP contribution in [0.15, 0.2) is 34.9 Å². The summed E-state index contributed by atoms with van der Waals surface area (Å²) in [7, 11) is 1.78. The minimum Gasteiger partial charge on any atom is -0.379 e. The fraction of sp³-hybridized carbons (Fsp3) is 0.389. The Labute approximate surface area is 145 Å². The van der Waals surface area contributed by atoms with Crippen LogP contribution >= 0.6 is 0 Å². The molecule has 1 aromatic carbocycles. The molecule has 0 N–H and O–H groups in total. The first-order chi connectivity index (χ1) is 12.1. The van der Waals surface area contributed by atoms with Gasteiger partial charge in [-0.1, -0.05) is 17.3 Å². The normalized spacial score (nSPS) is 17.3. The van der Waals surface area contributed by atoms with Gasteiger partial charge in [-0.2, -0.15) is 0 Å². The Kier molecular flexibility index (Phi) is 4.01. The molecular weight excluding hydrogens is 320 g/mol. The number of nitrogens with zero attached hydrogens (tertiary/aromatic N) is 4. The Balaban J connectivity index is 1.55. The van der Waals surface area contributed by atoms with Gasteiger partial charge in [-0.05, 0) is 25.5 Å². The van der Waals surface area contributed by atoms with Crippen molar-refractivity contribution in [2.24, 2.45) is 0 Å². The summed E-state index contributed by atoms with van der Waals surface area (Å²) in [5, 5.41) is 3.96. The highest BCUT2D eigenvalue weighted by Crippen LogP contribution is 2.19. The fourth-order valence-electron chi connectivity index (χ4n) is 3.21. The maximum Gasteiger partial charge on any atom is 0.276 e. The van der Waals surface area contributed by atoms with Crippen LogP contribution in [0.1, 0.15) is 28.5 Å². The summed E-state index contributed by atoms with van der Waals surface area (Å²) < 4.78 is 12.8. The largest absolute Gasteiger partial charge is 0.379 e. The van der Waals surface area contributed by atoms with Crippen LogP contribution in [0.4, 0.5) is 0 Å². The minimum absolute atomic E-state index is 0.104. The number of hydrogen-bond acceptors (Lipinski definition) is 5. The van der Waals surface area contributed by atoms with Crippen LogP contribution in [0.5, 0.6) is 0 Å². The van der Waals surface area contributed by atoms with E-state index in [0.717, 1.165) is 23.3 Å². The molecule has 7 heteroatoms. The van der Waals surface area contributed by atoms with Crippen LogP contribution in [0.2, 0.25) is 0 Å². The highest BCUT2D eigenvalue weighted by atomic mass is 16.5. The molecular formula is C18H20N4O3. The van der Waals surface area contributed by atoms with Crippen molar-refractivity contribution in [2.45, 2.75) is 25.9 Å². The first kappa shape index (κ1) is 15.8. The lowest BCUT2D eigenvalue weighted by atomic mass is 10.2. The maximum absolute atomic E-state index is 12.6. The van der Waals surface area contributed by atoms with Crippen molar-refractivity contribution in [1.82, 2.24) is 19.6 Å². The lowest BCUT2D eigenvalue weighted by molar-refractivity contribution is 0.0701. The zero-order chi connectivity index (χ0) is 17.4. The molecule has 1 aliphatic rings. The van der Waals surface area contributed by atoms with Crippen molar-refractivity contribution >= 4 is 16.9 Å². The second kappa shape index (κ2) is 6.33. The average Bonchev–Trinajstić information content (AvgIpc) is 3.35. The topological polar surface area (TPSA) is 73.4 Å². The van der Waals surface area contributed by atoms with Crippen LogP contribution in [0, 0.1) is 6.92 Å². The molecule has 1 unspecified atom stereocenters. The molecule has 1 atom stereocenters. The summed E-state index contributed by atoms with van der Waals surface area (Å²) in [6.07, 6.45) is 0.854. The van der Waals surface area contributed by atoms with Crippen LogP contribution < -0.4 is 0 Å². The molecule has 1 aliphatic heterocycles. The van der Waals surface area contributed by atoms with Crippen molar-refractivity contribution in [3.05, 3.63) is 47.6 Å². The van der Waals surface area contributed by atoms with E-state index >= 15 is 0 Å². The number of aryl methyl sites for hydroxylation is 1. The molecule has 0 spiro atoms. The zero-order valence-corrected chi connectivity index (χ0v) is 14.3. The molecule has 25 heavy (non-hydrogen) atoms. The molecule has 3 heterocycles. The minimum atomic E-state index is -0.141. The van der Waals surface area contributed by atoms with Crippen LogP contribution in [-0.2, 0) is 11.3 Å². The maximum atomic E-state index is 12.6. The second-order valence-corrected chi connectivity index (χ2v) is 6.35. The smallest absolute Gasteiger partial charge is 0.276 e. The third kappa shape index (κ3) is 2.91. The quantitative estimate of drug-likeness (QED) is 0.728. The predicted molar refractivity (Wildman–Crippen MR) is 91.4 cm³/mol. The second-order valence-electron chi connectivity index (χ2n) is 6.35. The van der Waals surface area contributed by atoms with E-state index in [9.17, 15) is 4.79 Å². The molecule has 3 aromatic rings. The summed E-state index contributed by atoms with van der Waals surface area (Å²) >= 11 is 0. The van der Waals surface area contributed by atoms with Gasteiger partial charge in [-0.15, -0.1) is 0 Å². The van der Waals surface area contributed by atoms with Gasteiger partial charge in [0.25, 0.3) is 5.91 Å². The Morgan fingerprint density at radius 2 is 2.24 bits per heavy atom. The Hall–Kier alpha value is -2.67. The lowest BCUT2D eigenvalue weighted by Crippen LogP contribution is -2.37. The average molecular weight is 340 g/mol. The molecule has 0 radical (unpaired) electrons. The molecule has 7 nitrogen and oxygen atoms in total. The molecule has 130 valence electrons. The van der Waals surface area contributed by atoms with E-state index in [1.807, 2.05) is 31.2 Å². The van der Waals surface area contributed by atoms with Crippen molar-refractivity contribution < 1.29 is 14.1 Å². The molecule has 1 fully saturated rings.